The van der Waals surface area contributed by atoms with Crippen molar-refractivity contribution in [3.05, 3.63) is 149 Å². The van der Waals surface area contributed by atoms with Crippen molar-refractivity contribution in [3.8, 4) is 0 Å². The predicted molar refractivity (Wildman–Crippen MR) is 140 cm³/mol. The summed E-state index contributed by atoms with van der Waals surface area (Å²) in [5.74, 6) is 2.27. The third kappa shape index (κ3) is 3.09. The van der Waals surface area contributed by atoms with Gasteiger partial charge >= 0.3 is 0 Å². The molecule has 1 aliphatic carbocycles. The lowest BCUT2D eigenvalue weighted by molar-refractivity contribution is 0.849. The van der Waals surface area contributed by atoms with Crippen LogP contribution in [-0.2, 0) is 4.75 Å². The molecule has 0 amide bonds. The molecule has 0 spiro atoms. The van der Waals surface area contributed by atoms with E-state index in [4.69, 9.17) is 0 Å². The lowest BCUT2D eigenvalue weighted by Crippen LogP contribution is -2.26. The van der Waals surface area contributed by atoms with Crippen molar-refractivity contribution in [1.82, 2.24) is 0 Å². The molecule has 0 nitrogen and oxygen atoms in total. The Balaban J connectivity index is 1.74. The van der Waals surface area contributed by atoms with Crippen LogP contribution in [0.15, 0.2) is 121 Å². The van der Waals surface area contributed by atoms with Gasteiger partial charge in [0.1, 0.15) is 0 Å². The van der Waals surface area contributed by atoms with E-state index in [1.54, 1.807) is 0 Å². The van der Waals surface area contributed by atoms with Crippen molar-refractivity contribution in [2.45, 2.75) is 10.00 Å². The first-order chi connectivity index (χ1) is 15.9. The van der Waals surface area contributed by atoms with Gasteiger partial charge in [-0.25, -0.2) is 0 Å². The lowest BCUT2D eigenvalue weighted by Gasteiger charge is -2.36. The van der Waals surface area contributed by atoms with Crippen LogP contribution in [0, 0.1) is 0 Å². The minimum atomic E-state index is -0.174. The molecular formula is C30H24S2. The zero-order valence-corrected chi connectivity index (χ0v) is 19.4. The molecule has 156 valence electrons. The van der Waals surface area contributed by atoms with Gasteiger partial charge in [0, 0.05) is 11.5 Å². The highest BCUT2D eigenvalue weighted by Crippen LogP contribution is 2.65. The molecule has 0 saturated carbocycles. The van der Waals surface area contributed by atoms with E-state index in [1.165, 1.54) is 39.0 Å². The Kier molecular flexibility index (Phi) is 5.21. The number of thioether (sulfide) groups is 2. The normalized spacial score (nSPS) is 22.2. The van der Waals surface area contributed by atoms with Gasteiger partial charge in [0.2, 0.25) is 0 Å². The van der Waals surface area contributed by atoms with Crippen LogP contribution in [0.4, 0.5) is 0 Å². The first-order valence-corrected chi connectivity index (χ1v) is 13.2. The standard InChI is InChI=1S/C30H24S2/c1-4-12-22(13-5-1)27-25-18-10-11-19-26(25)30(24-16-8-3-9-17-24)28(27)29(31-20-21-32-30)23-14-6-2-7-15-23/h1-19,29H,20-21H2/t29-,30-/m0/s1. The third-order valence-electron chi connectivity index (χ3n) is 6.52. The fraction of sp³-hybridized carbons (Fsp3) is 0.133. The van der Waals surface area contributed by atoms with Gasteiger partial charge in [0.05, 0.1) is 10.00 Å². The average molecular weight is 449 g/mol. The molecule has 4 aromatic rings. The molecule has 32 heavy (non-hydrogen) atoms. The van der Waals surface area contributed by atoms with Gasteiger partial charge in [-0.05, 0) is 39.0 Å². The van der Waals surface area contributed by atoms with E-state index in [9.17, 15) is 0 Å². The molecular weight excluding hydrogens is 424 g/mol. The SMILES string of the molecule is c1ccc(C2=C3[C@H](c4ccccc4)SCCS[C@@]3(c3ccccc3)c3ccccc32)cc1. The molecule has 0 aromatic heterocycles. The molecule has 4 aromatic carbocycles. The van der Waals surface area contributed by atoms with E-state index in [1.807, 2.05) is 0 Å². The Labute approximate surface area is 198 Å². The second kappa shape index (κ2) is 8.35. The minimum absolute atomic E-state index is 0.174. The van der Waals surface area contributed by atoms with E-state index in [-0.39, 0.29) is 4.75 Å². The highest BCUT2D eigenvalue weighted by molar-refractivity contribution is 8.04. The highest BCUT2D eigenvalue weighted by Gasteiger charge is 2.51. The Morgan fingerprint density at radius 1 is 0.625 bits per heavy atom. The molecule has 0 unspecified atom stereocenters. The average Bonchev–Trinajstić information content (AvgIpc) is 3.02. The number of hydrogen-bond donors (Lipinski definition) is 0. The van der Waals surface area contributed by atoms with Crippen LogP contribution in [0.1, 0.15) is 33.1 Å². The maximum absolute atomic E-state index is 2.36. The van der Waals surface area contributed by atoms with Gasteiger partial charge in [0.15, 0.2) is 0 Å². The summed E-state index contributed by atoms with van der Waals surface area (Å²) in [5, 5.41) is 0.314. The van der Waals surface area contributed by atoms with Crippen LogP contribution >= 0.6 is 23.5 Å². The van der Waals surface area contributed by atoms with Crippen molar-refractivity contribution in [2.24, 2.45) is 0 Å². The Morgan fingerprint density at radius 3 is 2.00 bits per heavy atom. The summed E-state index contributed by atoms with van der Waals surface area (Å²) in [6.45, 7) is 0. The van der Waals surface area contributed by atoms with Crippen LogP contribution in [-0.4, -0.2) is 11.5 Å². The van der Waals surface area contributed by atoms with Gasteiger partial charge in [-0.2, -0.15) is 0 Å². The summed E-state index contributed by atoms with van der Waals surface area (Å²) in [7, 11) is 0. The van der Waals surface area contributed by atoms with Crippen LogP contribution < -0.4 is 0 Å². The van der Waals surface area contributed by atoms with Gasteiger partial charge in [-0.3, -0.25) is 0 Å². The monoisotopic (exact) mass is 448 g/mol. The lowest BCUT2D eigenvalue weighted by atomic mass is 9.83. The molecule has 2 aliphatic rings. The second-order valence-corrected chi connectivity index (χ2v) is 10.8. The smallest absolute Gasteiger partial charge is 0.0896 e. The number of rotatable bonds is 3. The van der Waals surface area contributed by atoms with Crippen LogP contribution in [0.25, 0.3) is 5.57 Å². The largest absolute Gasteiger partial charge is 0.148 e. The van der Waals surface area contributed by atoms with Gasteiger partial charge in [-0.15, -0.1) is 23.5 Å². The Bertz CT molecular complexity index is 1260. The Morgan fingerprint density at radius 2 is 1.25 bits per heavy atom. The zero-order chi connectivity index (χ0) is 21.4. The maximum Gasteiger partial charge on any atom is 0.0896 e. The van der Waals surface area contributed by atoms with Crippen LogP contribution in [0.2, 0.25) is 0 Å². The summed E-state index contributed by atoms with van der Waals surface area (Å²) in [6, 6.07) is 42.4. The Hall–Kier alpha value is -2.68. The number of benzene rings is 4. The summed E-state index contributed by atoms with van der Waals surface area (Å²) in [6.07, 6.45) is 0. The molecule has 0 radical (unpaired) electrons. The molecule has 0 bridgehead atoms. The van der Waals surface area contributed by atoms with E-state index in [0.717, 1.165) is 11.5 Å². The summed E-state index contributed by atoms with van der Waals surface area (Å²) in [4.78, 5) is 0. The van der Waals surface area contributed by atoms with Crippen molar-refractivity contribution in [1.29, 1.82) is 0 Å². The van der Waals surface area contributed by atoms with E-state index in [2.05, 4.69) is 139 Å². The summed E-state index contributed by atoms with van der Waals surface area (Å²) < 4.78 is -0.174. The van der Waals surface area contributed by atoms with Crippen molar-refractivity contribution >= 4 is 29.1 Å². The molecule has 1 saturated heterocycles. The predicted octanol–water partition coefficient (Wildman–Crippen LogP) is 7.97. The molecule has 2 heteroatoms. The third-order valence-corrected chi connectivity index (χ3v) is 9.57. The molecule has 1 aliphatic heterocycles. The molecule has 1 fully saturated rings. The topological polar surface area (TPSA) is 0 Å². The molecule has 6 rings (SSSR count). The highest BCUT2D eigenvalue weighted by atomic mass is 32.2. The van der Waals surface area contributed by atoms with Crippen molar-refractivity contribution in [2.75, 3.05) is 11.5 Å². The van der Waals surface area contributed by atoms with Gasteiger partial charge < -0.3 is 0 Å². The van der Waals surface area contributed by atoms with E-state index in [0.29, 0.717) is 5.25 Å². The number of fused-ring (bicyclic) bond motifs is 3. The van der Waals surface area contributed by atoms with Gasteiger partial charge in [0.25, 0.3) is 0 Å². The fourth-order valence-electron chi connectivity index (χ4n) is 5.26. The quantitative estimate of drug-likeness (QED) is 0.312. The van der Waals surface area contributed by atoms with Crippen molar-refractivity contribution in [3.63, 3.8) is 0 Å². The fourth-order valence-corrected chi connectivity index (χ4v) is 8.42. The van der Waals surface area contributed by atoms with Gasteiger partial charge in [-0.1, -0.05) is 115 Å². The second-order valence-electron chi connectivity index (χ2n) is 8.26. The van der Waals surface area contributed by atoms with E-state index < -0.39 is 0 Å². The first kappa shape index (κ1) is 20.0. The van der Waals surface area contributed by atoms with Crippen molar-refractivity contribution < 1.29 is 0 Å². The minimum Gasteiger partial charge on any atom is -0.148 e. The van der Waals surface area contributed by atoms with E-state index >= 15 is 0 Å². The first-order valence-electron chi connectivity index (χ1n) is 11.2. The zero-order valence-electron chi connectivity index (χ0n) is 17.8. The summed E-state index contributed by atoms with van der Waals surface area (Å²) >= 11 is 4.21. The molecule has 2 atom stereocenters. The summed E-state index contributed by atoms with van der Waals surface area (Å²) in [5.41, 5.74) is 9.88. The molecule has 0 N–H and O–H groups in total. The molecule has 1 heterocycles. The number of hydrogen-bond acceptors (Lipinski definition) is 2. The van der Waals surface area contributed by atoms with Crippen LogP contribution in [0.3, 0.4) is 0 Å². The maximum atomic E-state index is 2.36. The van der Waals surface area contributed by atoms with Crippen LogP contribution in [0.5, 0.6) is 0 Å².